The molecule has 0 fully saturated rings. The fraction of sp³-hybridized carbons (Fsp3) is 0.0417. The highest BCUT2D eigenvalue weighted by Gasteiger charge is 2.27. The smallest absolute Gasteiger partial charge is 0.137 e. The van der Waals surface area contributed by atoms with Gasteiger partial charge in [-0.15, -0.1) is 0 Å². The molecule has 12 aromatic rings. The molecule has 0 N–H and O–H groups in total. The van der Waals surface area contributed by atoms with Gasteiger partial charge in [-0.3, -0.25) is 0 Å². The number of hydrogen-bond acceptors (Lipinski definition) is 2. The highest BCUT2D eigenvalue weighted by molar-refractivity contribution is 6.36. The van der Waals surface area contributed by atoms with Gasteiger partial charge in [-0.25, -0.2) is 0 Å². The first-order valence-electron chi connectivity index (χ1n) is 18.1. The van der Waals surface area contributed by atoms with E-state index >= 15 is 0 Å². The fourth-order valence-corrected chi connectivity index (χ4v) is 9.70. The number of rotatable bonds is 2. The normalized spacial score (nSPS) is 13.5. The minimum atomic E-state index is 0.908. The Bertz CT molecular complexity index is 3530. The van der Waals surface area contributed by atoms with E-state index in [4.69, 9.17) is 8.83 Å². The number of allylic oxidation sites excluding steroid dienone is 1. The van der Waals surface area contributed by atoms with Crippen LogP contribution in [0, 0.1) is 0 Å². The van der Waals surface area contributed by atoms with Crippen LogP contribution in [0.3, 0.4) is 0 Å². The average Bonchev–Trinajstić information content (AvgIpc) is 4.00. The Morgan fingerprint density at radius 3 is 2.10 bits per heavy atom. The van der Waals surface area contributed by atoms with E-state index in [0.717, 1.165) is 51.8 Å². The lowest BCUT2D eigenvalue weighted by atomic mass is 9.93. The summed E-state index contributed by atoms with van der Waals surface area (Å²) in [7, 11) is 0. The van der Waals surface area contributed by atoms with Crippen molar-refractivity contribution in [3.05, 3.63) is 151 Å². The number of aromatic nitrogens is 2. The Hall–Kier alpha value is -6.78. The van der Waals surface area contributed by atoms with Gasteiger partial charge in [0.2, 0.25) is 0 Å². The van der Waals surface area contributed by atoms with Crippen LogP contribution in [0.15, 0.2) is 148 Å². The van der Waals surface area contributed by atoms with Crippen molar-refractivity contribution in [1.82, 2.24) is 8.97 Å². The van der Waals surface area contributed by atoms with Crippen LogP contribution in [0.5, 0.6) is 0 Å². The lowest BCUT2D eigenvalue weighted by molar-refractivity contribution is 0.546. The van der Waals surface area contributed by atoms with Crippen molar-refractivity contribution in [2.24, 2.45) is 0 Å². The zero-order valence-corrected chi connectivity index (χ0v) is 28.0. The summed E-state index contributed by atoms with van der Waals surface area (Å²) >= 11 is 0. The van der Waals surface area contributed by atoms with E-state index in [-0.39, 0.29) is 0 Å². The van der Waals surface area contributed by atoms with Gasteiger partial charge < -0.3 is 17.8 Å². The minimum Gasteiger partial charge on any atom is -0.460 e. The van der Waals surface area contributed by atoms with Crippen LogP contribution >= 0.6 is 0 Å². The second-order valence-electron chi connectivity index (χ2n) is 14.3. The SMILES string of the molecule is C1=Cc2c(oc3cccc(-n4c5ccccc5c5c6c7c(-c8cccc9oc%10ccccc%10c89)ccc8c9ccccc9n(c6ccc54)c87)c23)CC1. The first-order chi connectivity index (χ1) is 25.8. The quantitative estimate of drug-likeness (QED) is 0.184. The molecule has 0 bridgehead atoms. The van der Waals surface area contributed by atoms with Crippen LogP contribution in [0.25, 0.3) is 116 Å². The molecule has 4 heteroatoms. The van der Waals surface area contributed by atoms with E-state index in [1.807, 2.05) is 6.07 Å². The molecule has 13 rings (SSSR count). The minimum absolute atomic E-state index is 0.908. The summed E-state index contributed by atoms with van der Waals surface area (Å²) in [6.07, 6.45) is 6.47. The van der Waals surface area contributed by atoms with Crippen LogP contribution < -0.4 is 0 Å². The molecule has 4 nitrogen and oxygen atoms in total. The van der Waals surface area contributed by atoms with Gasteiger partial charge in [0.15, 0.2) is 0 Å². The van der Waals surface area contributed by atoms with Crippen molar-refractivity contribution in [1.29, 1.82) is 0 Å². The van der Waals surface area contributed by atoms with E-state index in [1.165, 1.54) is 82.0 Å². The highest BCUT2D eigenvalue weighted by atomic mass is 16.3. The Morgan fingerprint density at radius 1 is 0.442 bits per heavy atom. The maximum absolute atomic E-state index is 6.49. The summed E-state index contributed by atoms with van der Waals surface area (Å²) in [4.78, 5) is 0. The Labute approximate surface area is 296 Å². The van der Waals surface area contributed by atoms with Crippen molar-refractivity contribution in [3.63, 3.8) is 0 Å². The fourth-order valence-electron chi connectivity index (χ4n) is 9.70. The van der Waals surface area contributed by atoms with E-state index in [2.05, 4.69) is 149 Å². The summed E-state index contributed by atoms with van der Waals surface area (Å²) < 4.78 is 17.9. The molecule has 1 aliphatic carbocycles. The molecule has 52 heavy (non-hydrogen) atoms. The zero-order chi connectivity index (χ0) is 33.7. The second kappa shape index (κ2) is 9.51. The van der Waals surface area contributed by atoms with Gasteiger partial charge in [0.05, 0.1) is 38.7 Å². The largest absolute Gasteiger partial charge is 0.460 e. The van der Waals surface area contributed by atoms with Crippen molar-refractivity contribution >= 4 is 98.9 Å². The number of benzene rings is 7. The van der Waals surface area contributed by atoms with Crippen LogP contribution in [0.4, 0.5) is 0 Å². The van der Waals surface area contributed by atoms with Gasteiger partial charge in [0.1, 0.15) is 22.5 Å². The molecule has 0 radical (unpaired) electrons. The van der Waals surface area contributed by atoms with Crippen LogP contribution in [0.1, 0.15) is 17.7 Å². The van der Waals surface area contributed by atoms with Crippen molar-refractivity contribution < 1.29 is 8.83 Å². The summed E-state index contributed by atoms with van der Waals surface area (Å²) in [6, 6.07) is 48.5. The predicted octanol–water partition coefficient (Wildman–Crippen LogP) is 13.2. The summed E-state index contributed by atoms with van der Waals surface area (Å²) in [5, 5.41) is 11.1. The standard InChI is InChI=1S/C48H28N2O2/c1-5-16-34-27(11-1)30-24-23-29(28-15-9-21-41-43(28)32-13-3-7-19-39(32)51-41)46-47-38(50(34)48(30)46)26-25-37-45(47)31-12-2-6-17-35(31)49(37)36-18-10-22-42-44(36)33-14-4-8-20-40(33)52-42/h1-7,9-19,21-26H,8,20H2. The van der Waals surface area contributed by atoms with Gasteiger partial charge in [-0.2, -0.15) is 0 Å². The van der Waals surface area contributed by atoms with Gasteiger partial charge in [-0.05, 0) is 66.1 Å². The van der Waals surface area contributed by atoms with Gasteiger partial charge >= 0.3 is 0 Å². The third-order valence-electron chi connectivity index (χ3n) is 11.7. The van der Waals surface area contributed by atoms with Crippen molar-refractivity contribution in [3.8, 4) is 16.8 Å². The molecule has 1 aliphatic rings. The predicted molar refractivity (Wildman–Crippen MR) is 215 cm³/mol. The molecule has 0 spiro atoms. The van der Waals surface area contributed by atoms with E-state index < -0.39 is 0 Å². The van der Waals surface area contributed by atoms with Crippen LogP contribution in [-0.2, 0) is 6.42 Å². The highest BCUT2D eigenvalue weighted by Crippen LogP contribution is 2.50. The maximum atomic E-state index is 6.49. The van der Waals surface area contributed by atoms with Gasteiger partial charge in [0, 0.05) is 55.1 Å². The molecule has 0 saturated carbocycles. The number of furan rings is 2. The molecule has 5 aromatic heterocycles. The number of fused-ring (bicyclic) bond motifs is 16. The van der Waals surface area contributed by atoms with E-state index in [0.29, 0.717) is 0 Å². The molecule has 5 heterocycles. The summed E-state index contributed by atoms with van der Waals surface area (Å²) in [6.45, 7) is 0. The lowest BCUT2D eigenvalue weighted by Gasteiger charge is -2.11. The van der Waals surface area contributed by atoms with E-state index in [9.17, 15) is 0 Å². The second-order valence-corrected chi connectivity index (χ2v) is 14.3. The van der Waals surface area contributed by atoms with Crippen LogP contribution in [0.2, 0.25) is 0 Å². The van der Waals surface area contributed by atoms with E-state index in [1.54, 1.807) is 0 Å². The van der Waals surface area contributed by atoms with Crippen molar-refractivity contribution in [2.75, 3.05) is 0 Å². The van der Waals surface area contributed by atoms with Crippen molar-refractivity contribution in [2.45, 2.75) is 12.8 Å². The molecule has 0 unspecified atom stereocenters. The molecule has 0 atom stereocenters. The molecular weight excluding hydrogens is 637 g/mol. The Balaban J connectivity index is 1.26. The molecule has 0 aliphatic heterocycles. The molecule has 0 saturated heterocycles. The molecule has 7 aromatic carbocycles. The third kappa shape index (κ3) is 3.20. The number of hydrogen-bond donors (Lipinski definition) is 0. The molecular formula is C48H28N2O2. The zero-order valence-electron chi connectivity index (χ0n) is 28.0. The third-order valence-corrected chi connectivity index (χ3v) is 11.7. The summed E-state index contributed by atoms with van der Waals surface area (Å²) in [5.74, 6) is 1.08. The Morgan fingerprint density at radius 2 is 1.17 bits per heavy atom. The Kier molecular flexibility index (Phi) is 4.94. The summed E-state index contributed by atoms with van der Waals surface area (Å²) in [5.41, 5.74) is 13.6. The lowest BCUT2D eigenvalue weighted by Crippen LogP contribution is -1.96. The first-order valence-corrected chi connectivity index (χ1v) is 18.1. The van der Waals surface area contributed by atoms with Gasteiger partial charge in [0.25, 0.3) is 0 Å². The molecule has 242 valence electrons. The van der Waals surface area contributed by atoms with Gasteiger partial charge in [-0.1, -0.05) is 97.1 Å². The topological polar surface area (TPSA) is 35.6 Å². The maximum Gasteiger partial charge on any atom is 0.137 e. The number of aryl methyl sites for hydroxylation is 1. The first kappa shape index (κ1) is 27.0. The average molecular weight is 665 g/mol. The molecule has 0 amide bonds. The monoisotopic (exact) mass is 664 g/mol. The number of nitrogens with zero attached hydrogens (tertiary/aromatic N) is 2. The number of para-hydroxylation sites is 3. The van der Waals surface area contributed by atoms with Crippen LogP contribution in [-0.4, -0.2) is 8.97 Å².